The summed E-state index contributed by atoms with van der Waals surface area (Å²) in [5.41, 5.74) is 0.406. The van der Waals surface area contributed by atoms with Crippen LogP contribution in [-0.4, -0.2) is 24.1 Å². The molecule has 0 aliphatic heterocycles. The van der Waals surface area contributed by atoms with Crippen molar-refractivity contribution in [3.8, 4) is 5.75 Å². The fourth-order valence-corrected chi connectivity index (χ4v) is 2.16. The van der Waals surface area contributed by atoms with E-state index in [9.17, 15) is 14.7 Å². The molecule has 2 N–H and O–H groups in total. The van der Waals surface area contributed by atoms with Gasteiger partial charge in [0.15, 0.2) is 6.04 Å². The molecule has 0 aliphatic carbocycles. The van der Waals surface area contributed by atoms with E-state index in [0.29, 0.717) is 22.3 Å². The molecule has 122 valence electrons. The van der Waals surface area contributed by atoms with Crippen LogP contribution in [0.2, 0.25) is 5.02 Å². The average Bonchev–Trinajstić information content (AvgIpc) is 2.44. The molecule has 0 aromatic heterocycles. The van der Waals surface area contributed by atoms with E-state index in [1.807, 2.05) is 20.8 Å². The van der Waals surface area contributed by atoms with Gasteiger partial charge in [0.05, 0.1) is 12.1 Å². The first kappa shape index (κ1) is 18.3. The van der Waals surface area contributed by atoms with E-state index in [2.05, 4.69) is 5.32 Å². The van der Waals surface area contributed by atoms with Crippen LogP contribution in [0.5, 0.6) is 5.75 Å². The van der Waals surface area contributed by atoms with Crippen LogP contribution in [0.25, 0.3) is 0 Å². The molecule has 0 radical (unpaired) electrons. The quantitative estimate of drug-likeness (QED) is 0.806. The van der Waals surface area contributed by atoms with Crippen molar-refractivity contribution in [2.45, 2.75) is 33.2 Å². The zero-order chi connectivity index (χ0) is 16.9. The van der Waals surface area contributed by atoms with Crippen LogP contribution in [0, 0.1) is 11.8 Å². The lowest BCUT2D eigenvalue weighted by Crippen LogP contribution is -2.34. The summed E-state index contributed by atoms with van der Waals surface area (Å²) in [6, 6.07) is 3.52. The summed E-state index contributed by atoms with van der Waals surface area (Å²) in [6.45, 7) is 6.01. The first-order valence-corrected chi connectivity index (χ1v) is 7.49. The Kier molecular flexibility index (Phi) is 6.68. The Morgan fingerprint density at radius 3 is 2.41 bits per heavy atom. The maximum Gasteiger partial charge on any atom is 0.330 e. The lowest BCUT2D eigenvalue weighted by atomic mass is 9.94. The van der Waals surface area contributed by atoms with Crippen molar-refractivity contribution >= 4 is 23.5 Å². The van der Waals surface area contributed by atoms with Crippen LogP contribution < -0.4 is 10.1 Å². The van der Waals surface area contributed by atoms with Crippen LogP contribution in [0.15, 0.2) is 18.2 Å². The maximum absolute atomic E-state index is 12.0. The lowest BCUT2D eigenvalue weighted by molar-refractivity contribution is -0.142. The maximum atomic E-state index is 12.0. The molecule has 1 rings (SSSR count). The number of carbonyl (C=O) groups excluding carboxylic acids is 1. The Hall–Kier alpha value is -1.75. The normalized spacial score (nSPS) is 13.5. The van der Waals surface area contributed by atoms with E-state index < -0.39 is 12.0 Å². The number of nitrogens with one attached hydrogen (secondary N) is 1. The number of rotatable bonds is 7. The molecule has 0 spiro atoms. The molecule has 0 saturated heterocycles. The molecule has 1 aromatic rings. The Bertz CT molecular complexity index is 545. The SMILES string of the molecule is COc1ccc(C(NC(=O)CC(C)C(C)C)C(=O)O)cc1Cl. The van der Waals surface area contributed by atoms with E-state index in [1.54, 1.807) is 12.1 Å². The minimum atomic E-state index is -1.13. The fourth-order valence-electron chi connectivity index (χ4n) is 1.90. The highest BCUT2D eigenvalue weighted by molar-refractivity contribution is 6.32. The first-order chi connectivity index (χ1) is 10.3. The third-order valence-electron chi connectivity index (χ3n) is 3.71. The van der Waals surface area contributed by atoms with E-state index >= 15 is 0 Å². The van der Waals surface area contributed by atoms with E-state index in [0.717, 1.165) is 0 Å². The van der Waals surface area contributed by atoms with Crippen molar-refractivity contribution in [1.82, 2.24) is 5.32 Å². The summed E-state index contributed by atoms with van der Waals surface area (Å²) in [5.74, 6) is -0.444. The van der Waals surface area contributed by atoms with Gasteiger partial charge in [-0.1, -0.05) is 38.4 Å². The number of ether oxygens (including phenoxy) is 1. The van der Waals surface area contributed by atoms with Gasteiger partial charge in [-0.3, -0.25) is 4.79 Å². The number of aliphatic carboxylic acids is 1. The molecule has 0 fully saturated rings. The van der Waals surface area contributed by atoms with Gasteiger partial charge in [0, 0.05) is 6.42 Å². The number of halogens is 1. The summed E-state index contributed by atoms with van der Waals surface area (Å²) in [7, 11) is 1.48. The summed E-state index contributed by atoms with van der Waals surface area (Å²) in [6.07, 6.45) is 0.283. The van der Waals surface area contributed by atoms with Gasteiger partial charge in [0.1, 0.15) is 5.75 Å². The molecule has 1 amide bonds. The van der Waals surface area contributed by atoms with Crippen molar-refractivity contribution in [2.75, 3.05) is 7.11 Å². The number of carbonyl (C=O) groups is 2. The molecule has 0 bridgehead atoms. The molecule has 1 aromatic carbocycles. The van der Waals surface area contributed by atoms with Crippen molar-refractivity contribution in [3.05, 3.63) is 28.8 Å². The van der Waals surface area contributed by atoms with Crippen LogP contribution in [0.3, 0.4) is 0 Å². The summed E-state index contributed by atoms with van der Waals surface area (Å²) >= 11 is 6.01. The molecule has 0 saturated carbocycles. The largest absolute Gasteiger partial charge is 0.495 e. The number of methoxy groups -OCH3 is 1. The van der Waals surface area contributed by atoms with Crippen molar-refractivity contribution in [1.29, 1.82) is 0 Å². The number of hydrogen-bond donors (Lipinski definition) is 2. The molecule has 22 heavy (non-hydrogen) atoms. The average molecular weight is 328 g/mol. The highest BCUT2D eigenvalue weighted by Crippen LogP contribution is 2.28. The molecular formula is C16H22ClNO4. The Morgan fingerprint density at radius 2 is 1.95 bits per heavy atom. The molecular weight excluding hydrogens is 306 g/mol. The fraction of sp³-hybridized carbons (Fsp3) is 0.500. The van der Waals surface area contributed by atoms with Gasteiger partial charge in [-0.15, -0.1) is 0 Å². The molecule has 2 unspecified atom stereocenters. The highest BCUT2D eigenvalue weighted by Gasteiger charge is 2.24. The second-order valence-corrected chi connectivity index (χ2v) is 6.07. The number of carboxylic acid groups (broad SMARTS) is 1. The standard InChI is InChI=1S/C16H22ClNO4/c1-9(2)10(3)7-14(19)18-15(16(20)21)11-5-6-13(22-4)12(17)8-11/h5-6,8-10,15H,7H2,1-4H3,(H,18,19)(H,20,21). The number of amides is 1. The molecule has 6 heteroatoms. The van der Waals surface area contributed by atoms with E-state index in [1.165, 1.54) is 13.2 Å². The summed E-state index contributed by atoms with van der Waals surface area (Å²) in [5, 5.41) is 12.2. The van der Waals surface area contributed by atoms with Gasteiger partial charge in [0.2, 0.25) is 5.91 Å². The summed E-state index contributed by atoms with van der Waals surface area (Å²) in [4.78, 5) is 23.5. The Labute approximate surface area is 135 Å². The van der Waals surface area contributed by atoms with Crippen LogP contribution in [-0.2, 0) is 9.59 Å². The van der Waals surface area contributed by atoms with Crippen LogP contribution in [0.1, 0.15) is 38.8 Å². The smallest absolute Gasteiger partial charge is 0.330 e. The van der Waals surface area contributed by atoms with Crippen LogP contribution in [0.4, 0.5) is 0 Å². The summed E-state index contributed by atoms with van der Waals surface area (Å²) < 4.78 is 5.03. The lowest BCUT2D eigenvalue weighted by Gasteiger charge is -2.19. The van der Waals surface area contributed by atoms with Crippen molar-refractivity contribution < 1.29 is 19.4 Å². The zero-order valence-electron chi connectivity index (χ0n) is 13.2. The minimum Gasteiger partial charge on any atom is -0.495 e. The van der Waals surface area contributed by atoms with Gasteiger partial charge in [-0.2, -0.15) is 0 Å². The predicted molar refractivity (Wildman–Crippen MR) is 85.1 cm³/mol. The molecule has 0 heterocycles. The molecule has 0 aliphatic rings. The number of hydrogen-bond acceptors (Lipinski definition) is 3. The van der Waals surface area contributed by atoms with Gasteiger partial charge in [-0.25, -0.2) is 4.79 Å². The van der Waals surface area contributed by atoms with E-state index in [4.69, 9.17) is 16.3 Å². The predicted octanol–water partition coefficient (Wildman–Crippen LogP) is 3.27. The highest BCUT2D eigenvalue weighted by atomic mass is 35.5. The zero-order valence-corrected chi connectivity index (χ0v) is 14.0. The Morgan fingerprint density at radius 1 is 1.32 bits per heavy atom. The van der Waals surface area contributed by atoms with E-state index in [-0.39, 0.29) is 18.2 Å². The van der Waals surface area contributed by atoms with Gasteiger partial charge < -0.3 is 15.2 Å². The minimum absolute atomic E-state index is 0.175. The van der Waals surface area contributed by atoms with Crippen LogP contribution >= 0.6 is 11.6 Å². The van der Waals surface area contributed by atoms with Gasteiger partial charge in [0.25, 0.3) is 0 Å². The van der Waals surface area contributed by atoms with Gasteiger partial charge >= 0.3 is 5.97 Å². The molecule has 5 nitrogen and oxygen atoms in total. The van der Waals surface area contributed by atoms with Gasteiger partial charge in [-0.05, 0) is 29.5 Å². The van der Waals surface area contributed by atoms with Crippen molar-refractivity contribution in [3.63, 3.8) is 0 Å². The molecule has 2 atom stereocenters. The second kappa shape index (κ2) is 8.03. The van der Waals surface area contributed by atoms with Crippen molar-refractivity contribution in [2.24, 2.45) is 11.8 Å². The number of carboxylic acids is 1. The topological polar surface area (TPSA) is 75.6 Å². The first-order valence-electron chi connectivity index (χ1n) is 7.11. The number of benzene rings is 1. The Balaban J connectivity index is 2.88. The third-order valence-corrected chi connectivity index (χ3v) is 4.00. The second-order valence-electron chi connectivity index (χ2n) is 5.66. The monoisotopic (exact) mass is 327 g/mol. The third kappa shape index (κ3) is 4.91.